The fourth-order valence-electron chi connectivity index (χ4n) is 3.94. The van der Waals surface area contributed by atoms with E-state index in [1.165, 1.54) is 0 Å². The van der Waals surface area contributed by atoms with Crippen LogP contribution in [0.15, 0.2) is 0 Å². The highest BCUT2D eigenvalue weighted by Gasteiger charge is 2.38. The van der Waals surface area contributed by atoms with Gasteiger partial charge < -0.3 is 19.6 Å². The van der Waals surface area contributed by atoms with Crippen LogP contribution in [0.4, 0.5) is 0 Å². The Morgan fingerprint density at radius 2 is 1.16 bits per heavy atom. The van der Waals surface area contributed by atoms with Crippen molar-refractivity contribution in [2.75, 3.05) is 39.8 Å². The van der Waals surface area contributed by atoms with Crippen molar-refractivity contribution in [1.29, 1.82) is 0 Å². The first-order chi connectivity index (χ1) is 14.9. The Morgan fingerprint density at radius 1 is 0.710 bits per heavy atom. The number of likely N-dealkylation sites (N-methyl/N-ethyl adjacent to an activating group) is 1. The lowest BCUT2D eigenvalue weighted by atomic mass is 10.1. The van der Waals surface area contributed by atoms with Crippen LogP contribution < -0.4 is 0 Å². The van der Waals surface area contributed by atoms with Gasteiger partial charge in [0.05, 0.1) is 0 Å². The zero-order valence-corrected chi connectivity index (χ0v) is 20.7. The molecule has 0 aromatic rings. The molecule has 0 aromatic carbocycles. The van der Waals surface area contributed by atoms with E-state index in [0.717, 1.165) is 58.0 Å². The lowest BCUT2D eigenvalue weighted by Crippen LogP contribution is -2.66. The third kappa shape index (κ3) is 8.79. The zero-order valence-electron chi connectivity index (χ0n) is 20.7. The number of hydrogen-bond acceptors (Lipinski definition) is 4. The zero-order chi connectivity index (χ0) is 23.2. The van der Waals surface area contributed by atoms with E-state index in [-0.39, 0.29) is 17.7 Å². The summed E-state index contributed by atoms with van der Waals surface area (Å²) < 4.78 is 0. The van der Waals surface area contributed by atoms with Crippen molar-refractivity contribution in [3.63, 3.8) is 0 Å². The molecule has 180 valence electrons. The second kappa shape index (κ2) is 15.2. The van der Waals surface area contributed by atoms with E-state index in [2.05, 4.69) is 25.7 Å². The van der Waals surface area contributed by atoms with E-state index >= 15 is 0 Å². The van der Waals surface area contributed by atoms with Crippen molar-refractivity contribution in [2.45, 2.75) is 98.2 Å². The summed E-state index contributed by atoms with van der Waals surface area (Å²) >= 11 is 0. The van der Waals surface area contributed by atoms with E-state index < -0.39 is 6.29 Å². The lowest BCUT2D eigenvalue weighted by molar-refractivity contribution is -0.168. The highest BCUT2D eigenvalue weighted by atomic mass is 16.2. The van der Waals surface area contributed by atoms with Crippen LogP contribution in [-0.4, -0.2) is 83.4 Å². The van der Waals surface area contributed by atoms with Gasteiger partial charge in [0.15, 0.2) is 6.29 Å². The number of unbranched alkanes of at least 4 members (excludes halogenated alkanes) is 3. The van der Waals surface area contributed by atoms with Gasteiger partial charge in [-0.1, -0.05) is 47.0 Å². The van der Waals surface area contributed by atoms with E-state index in [1.54, 1.807) is 0 Å². The molecule has 0 aromatic heterocycles. The van der Waals surface area contributed by atoms with Gasteiger partial charge in [0.2, 0.25) is 17.7 Å². The van der Waals surface area contributed by atoms with Crippen LogP contribution in [0.5, 0.6) is 0 Å². The molecule has 1 rings (SSSR count). The van der Waals surface area contributed by atoms with E-state index in [0.29, 0.717) is 38.9 Å². The highest BCUT2D eigenvalue weighted by Crippen LogP contribution is 2.21. The maximum Gasteiger partial charge on any atom is 0.225 e. The van der Waals surface area contributed by atoms with E-state index in [9.17, 15) is 14.4 Å². The Bertz CT molecular complexity index is 523. The Morgan fingerprint density at radius 3 is 1.58 bits per heavy atom. The summed E-state index contributed by atoms with van der Waals surface area (Å²) in [5, 5.41) is 0. The highest BCUT2D eigenvalue weighted by molar-refractivity contribution is 5.82. The van der Waals surface area contributed by atoms with E-state index in [1.807, 2.05) is 28.7 Å². The Balaban J connectivity index is 3.38. The Hall–Kier alpha value is -1.63. The largest absolute Gasteiger partial charge is 0.305 e. The first-order valence-corrected chi connectivity index (χ1v) is 12.5. The molecule has 0 atom stereocenters. The topological polar surface area (TPSA) is 64.2 Å². The van der Waals surface area contributed by atoms with Crippen LogP contribution >= 0.6 is 0 Å². The third-order valence-corrected chi connectivity index (χ3v) is 5.94. The van der Waals surface area contributed by atoms with Crippen molar-refractivity contribution in [2.24, 2.45) is 0 Å². The van der Waals surface area contributed by atoms with Crippen molar-refractivity contribution >= 4 is 17.7 Å². The SMILES string of the molecule is CCCCC(=O)N(CCC)C1N(C(=O)CCCC)CCN(C)CCN1C(=O)CCCC. The molecule has 1 aliphatic heterocycles. The number of rotatable bonds is 12. The summed E-state index contributed by atoms with van der Waals surface area (Å²) in [5.41, 5.74) is 0. The monoisotopic (exact) mass is 438 g/mol. The van der Waals surface area contributed by atoms with Crippen LogP contribution in [0.3, 0.4) is 0 Å². The average Bonchev–Trinajstić information content (AvgIpc) is 2.75. The molecule has 0 unspecified atom stereocenters. The molecular weight excluding hydrogens is 392 g/mol. The number of nitrogens with zero attached hydrogens (tertiary/aromatic N) is 4. The molecule has 1 heterocycles. The minimum atomic E-state index is -0.605. The van der Waals surface area contributed by atoms with Gasteiger partial charge in [-0.2, -0.15) is 0 Å². The molecule has 1 saturated heterocycles. The molecule has 0 radical (unpaired) electrons. The normalized spacial score (nSPS) is 16.2. The minimum absolute atomic E-state index is 0.0415. The summed E-state index contributed by atoms with van der Waals surface area (Å²) in [5.74, 6) is 0.129. The molecular formula is C24H46N4O3. The summed E-state index contributed by atoms with van der Waals surface area (Å²) in [4.78, 5) is 47.5. The fourth-order valence-corrected chi connectivity index (χ4v) is 3.94. The molecule has 0 bridgehead atoms. The third-order valence-electron chi connectivity index (χ3n) is 5.94. The number of carbonyl (C=O) groups is 3. The second-order valence-corrected chi connectivity index (χ2v) is 8.72. The molecule has 0 N–H and O–H groups in total. The molecule has 7 heteroatoms. The van der Waals surface area contributed by atoms with Crippen molar-refractivity contribution in [3.05, 3.63) is 0 Å². The first kappa shape index (κ1) is 27.4. The first-order valence-electron chi connectivity index (χ1n) is 12.5. The molecule has 31 heavy (non-hydrogen) atoms. The van der Waals surface area contributed by atoms with Gasteiger partial charge in [-0.25, -0.2) is 0 Å². The number of hydrogen-bond donors (Lipinski definition) is 0. The number of carbonyl (C=O) groups excluding carboxylic acids is 3. The lowest BCUT2D eigenvalue weighted by Gasteiger charge is -2.48. The Kier molecular flexibility index (Phi) is 13.5. The molecule has 7 nitrogen and oxygen atoms in total. The summed E-state index contributed by atoms with van der Waals surface area (Å²) in [7, 11) is 2.03. The molecule has 3 amide bonds. The van der Waals surface area contributed by atoms with Crippen LogP contribution in [0, 0.1) is 0 Å². The molecule has 1 fully saturated rings. The predicted molar refractivity (Wildman–Crippen MR) is 125 cm³/mol. The second-order valence-electron chi connectivity index (χ2n) is 8.72. The molecule has 0 aliphatic carbocycles. The maximum atomic E-state index is 13.3. The summed E-state index contributed by atoms with van der Waals surface area (Å²) in [6.07, 6.45) is 6.85. The van der Waals surface area contributed by atoms with E-state index in [4.69, 9.17) is 0 Å². The standard InChI is InChI=1S/C24H46N4O3/c1-6-10-13-21(29)26(16-9-4)24-27(22(30)14-11-7-2)19-17-25(5)18-20-28(24)23(31)15-12-8-3/h24H,6-20H2,1-5H3. The van der Waals surface area contributed by atoms with Gasteiger partial charge in [-0.3, -0.25) is 14.4 Å². The molecule has 0 spiro atoms. The average molecular weight is 439 g/mol. The van der Waals surface area contributed by atoms with Crippen LogP contribution in [0.25, 0.3) is 0 Å². The molecule has 1 aliphatic rings. The van der Waals surface area contributed by atoms with Crippen molar-refractivity contribution < 1.29 is 14.4 Å². The van der Waals surface area contributed by atoms with Crippen LogP contribution in [0.2, 0.25) is 0 Å². The maximum absolute atomic E-state index is 13.3. The van der Waals surface area contributed by atoms with Crippen molar-refractivity contribution in [1.82, 2.24) is 19.6 Å². The fraction of sp³-hybridized carbons (Fsp3) is 0.875. The molecule has 0 saturated carbocycles. The van der Waals surface area contributed by atoms with Gasteiger partial charge >= 0.3 is 0 Å². The minimum Gasteiger partial charge on any atom is -0.305 e. The van der Waals surface area contributed by atoms with Gasteiger partial charge in [-0.15, -0.1) is 0 Å². The van der Waals surface area contributed by atoms with Gasteiger partial charge in [0, 0.05) is 52.0 Å². The smallest absolute Gasteiger partial charge is 0.225 e. The Labute approximate surface area is 190 Å². The predicted octanol–water partition coefficient (Wildman–Crippen LogP) is 3.68. The van der Waals surface area contributed by atoms with Gasteiger partial charge in [0.25, 0.3) is 0 Å². The van der Waals surface area contributed by atoms with Crippen LogP contribution in [-0.2, 0) is 14.4 Å². The van der Waals surface area contributed by atoms with Crippen molar-refractivity contribution in [3.8, 4) is 0 Å². The number of amides is 3. The van der Waals surface area contributed by atoms with Gasteiger partial charge in [0.1, 0.15) is 0 Å². The summed E-state index contributed by atoms with van der Waals surface area (Å²) in [6.45, 7) is 11.4. The van der Waals surface area contributed by atoms with Gasteiger partial charge in [-0.05, 0) is 32.7 Å². The summed E-state index contributed by atoms with van der Waals surface area (Å²) in [6, 6.07) is 0. The van der Waals surface area contributed by atoms with Crippen LogP contribution in [0.1, 0.15) is 91.9 Å². The quantitative estimate of drug-likeness (QED) is 0.466.